The van der Waals surface area contributed by atoms with Gasteiger partial charge in [-0.2, -0.15) is 0 Å². The number of benzene rings is 1. The summed E-state index contributed by atoms with van der Waals surface area (Å²) in [6.45, 7) is 3.82. The number of rotatable bonds is 2. The van der Waals surface area contributed by atoms with Crippen LogP contribution in [0.1, 0.15) is 29.9 Å². The minimum Gasteiger partial charge on any atom is -0.392 e. The molecule has 1 heterocycles. The Balaban J connectivity index is 1.87. The van der Waals surface area contributed by atoms with Gasteiger partial charge in [0.05, 0.1) is 11.1 Å². The number of aliphatic hydroxyl groups excluding tert-OH is 1. The summed E-state index contributed by atoms with van der Waals surface area (Å²) in [6.07, 6.45) is 0.130. The zero-order valence-corrected chi connectivity index (χ0v) is 13.2. The second-order valence-electron chi connectivity index (χ2n) is 5.98. The molecule has 0 aliphatic heterocycles. The fourth-order valence-corrected chi connectivity index (χ4v) is 4.00. The van der Waals surface area contributed by atoms with Gasteiger partial charge in [-0.25, -0.2) is 4.39 Å². The number of amides is 1. The van der Waals surface area contributed by atoms with Crippen molar-refractivity contribution in [2.24, 2.45) is 5.41 Å². The lowest BCUT2D eigenvalue weighted by Gasteiger charge is -2.49. The molecule has 6 heteroatoms. The Hall–Kier alpha value is -1.17. The fourth-order valence-electron chi connectivity index (χ4n) is 2.56. The van der Waals surface area contributed by atoms with Gasteiger partial charge in [0.15, 0.2) is 0 Å². The number of nitrogens with one attached hydrogen (secondary N) is 1. The Bertz CT molecular complexity index is 728. The molecule has 0 spiro atoms. The van der Waals surface area contributed by atoms with E-state index in [-0.39, 0.29) is 23.2 Å². The van der Waals surface area contributed by atoms with E-state index < -0.39 is 6.10 Å². The molecule has 1 amide bonds. The van der Waals surface area contributed by atoms with Crippen LogP contribution in [0.2, 0.25) is 5.02 Å². The van der Waals surface area contributed by atoms with E-state index in [0.717, 1.165) is 0 Å². The van der Waals surface area contributed by atoms with Crippen LogP contribution in [0.25, 0.3) is 10.1 Å². The molecule has 2 atom stereocenters. The molecule has 1 saturated carbocycles. The second kappa shape index (κ2) is 4.93. The van der Waals surface area contributed by atoms with Crippen LogP contribution in [0.4, 0.5) is 4.39 Å². The number of carbonyl (C=O) groups is 1. The van der Waals surface area contributed by atoms with Crippen LogP contribution in [0, 0.1) is 11.2 Å². The first-order valence-electron chi connectivity index (χ1n) is 6.67. The lowest BCUT2D eigenvalue weighted by atomic mass is 9.64. The average molecular weight is 328 g/mol. The van der Waals surface area contributed by atoms with Crippen molar-refractivity contribution >= 4 is 38.9 Å². The van der Waals surface area contributed by atoms with E-state index in [4.69, 9.17) is 11.6 Å². The molecule has 1 aromatic heterocycles. The van der Waals surface area contributed by atoms with Crippen molar-refractivity contribution in [2.45, 2.75) is 32.4 Å². The van der Waals surface area contributed by atoms with Crippen molar-refractivity contribution in [3.05, 3.63) is 33.9 Å². The zero-order chi connectivity index (χ0) is 15.4. The summed E-state index contributed by atoms with van der Waals surface area (Å²) >= 11 is 7.40. The molecule has 112 valence electrons. The maximum Gasteiger partial charge on any atom is 0.263 e. The molecule has 2 unspecified atom stereocenters. The van der Waals surface area contributed by atoms with Crippen LogP contribution < -0.4 is 5.32 Å². The highest BCUT2D eigenvalue weighted by Crippen LogP contribution is 2.41. The van der Waals surface area contributed by atoms with Crippen LogP contribution >= 0.6 is 22.9 Å². The van der Waals surface area contributed by atoms with Crippen LogP contribution in [0.15, 0.2) is 18.2 Å². The quantitative estimate of drug-likeness (QED) is 0.885. The van der Waals surface area contributed by atoms with Crippen LogP contribution in [0.5, 0.6) is 0 Å². The molecule has 3 nitrogen and oxygen atoms in total. The number of aliphatic hydroxyl groups is 1. The first kappa shape index (κ1) is 14.8. The summed E-state index contributed by atoms with van der Waals surface area (Å²) in [7, 11) is 0. The third kappa shape index (κ3) is 2.33. The second-order valence-corrected chi connectivity index (χ2v) is 7.41. The van der Waals surface area contributed by atoms with Crippen molar-refractivity contribution in [1.29, 1.82) is 0 Å². The summed E-state index contributed by atoms with van der Waals surface area (Å²) in [4.78, 5) is 12.7. The maximum atomic E-state index is 13.2. The molecule has 1 aromatic carbocycles. The summed E-state index contributed by atoms with van der Waals surface area (Å²) < 4.78 is 13.9. The predicted molar refractivity (Wildman–Crippen MR) is 82.5 cm³/mol. The first-order chi connectivity index (χ1) is 9.80. The minimum absolute atomic E-state index is 0.0852. The lowest BCUT2D eigenvalue weighted by molar-refractivity contribution is -0.0689. The average Bonchev–Trinajstić information content (AvgIpc) is 2.75. The summed E-state index contributed by atoms with van der Waals surface area (Å²) in [6, 6.07) is 4.20. The largest absolute Gasteiger partial charge is 0.392 e. The standard InChI is InChI=1S/C15H15ClFNO2S/c1-15(2)10(6-11(15)19)18-14(20)13-12(16)8-4-3-7(17)5-9(8)21-13/h3-5,10-11,19H,6H2,1-2H3,(H,18,20). The minimum atomic E-state index is -0.408. The topological polar surface area (TPSA) is 49.3 Å². The van der Waals surface area contributed by atoms with Crippen molar-refractivity contribution in [3.63, 3.8) is 0 Å². The number of thiophene rings is 1. The summed E-state index contributed by atoms with van der Waals surface area (Å²) in [5.41, 5.74) is -0.342. The number of carbonyl (C=O) groups excluding carboxylic acids is 1. The molecule has 0 radical (unpaired) electrons. The molecule has 3 rings (SSSR count). The molecule has 0 saturated heterocycles. The number of halogens is 2. The fraction of sp³-hybridized carbons (Fsp3) is 0.400. The van der Waals surface area contributed by atoms with E-state index in [9.17, 15) is 14.3 Å². The van der Waals surface area contributed by atoms with Crippen molar-refractivity contribution in [2.75, 3.05) is 0 Å². The van der Waals surface area contributed by atoms with Gasteiger partial charge in [-0.05, 0) is 24.6 Å². The van der Waals surface area contributed by atoms with Gasteiger partial charge in [0.25, 0.3) is 5.91 Å². The lowest BCUT2D eigenvalue weighted by Crippen LogP contribution is -2.61. The van der Waals surface area contributed by atoms with Gasteiger partial charge >= 0.3 is 0 Å². The van der Waals surface area contributed by atoms with Crippen molar-refractivity contribution < 1.29 is 14.3 Å². The molecular formula is C15H15ClFNO2S. The number of hydrogen-bond acceptors (Lipinski definition) is 3. The van der Waals surface area contributed by atoms with Gasteiger partial charge in [-0.3, -0.25) is 4.79 Å². The van der Waals surface area contributed by atoms with Crippen LogP contribution in [-0.4, -0.2) is 23.2 Å². The van der Waals surface area contributed by atoms with E-state index in [0.29, 0.717) is 26.4 Å². The van der Waals surface area contributed by atoms with Gasteiger partial charge in [0.2, 0.25) is 0 Å². The molecule has 1 aliphatic carbocycles. The SMILES string of the molecule is CC1(C)C(O)CC1NC(=O)c1sc2cc(F)ccc2c1Cl. The molecule has 2 aromatic rings. The monoisotopic (exact) mass is 327 g/mol. The van der Waals surface area contributed by atoms with E-state index >= 15 is 0 Å². The van der Waals surface area contributed by atoms with Gasteiger partial charge in [-0.15, -0.1) is 11.3 Å². The van der Waals surface area contributed by atoms with E-state index in [1.807, 2.05) is 13.8 Å². The van der Waals surface area contributed by atoms with Crippen LogP contribution in [0.3, 0.4) is 0 Å². The summed E-state index contributed by atoms with van der Waals surface area (Å²) in [5, 5.41) is 13.6. The van der Waals surface area contributed by atoms with Gasteiger partial charge < -0.3 is 10.4 Å². The zero-order valence-electron chi connectivity index (χ0n) is 11.6. The Labute approximate surface area is 130 Å². The molecule has 1 aliphatic rings. The normalized spacial score (nSPS) is 23.9. The smallest absolute Gasteiger partial charge is 0.263 e. The van der Waals surface area contributed by atoms with Crippen LogP contribution in [-0.2, 0) is 0 Å². The molecule has 2 N–H and O–H groups in total. The predicted octanol–water partition coefficient (Wildman–Crippen LogP) is 3.58. The van der Waals surface area contributed by atoms with E-state index in [1.54, 1.807) is 6.07 Å². The molecule has 1 fully saturated rings. The number of hydrogen-bond donors (Lipinski definition) is 2. The van der Waals surface area contributed by atoms with Crippen molar-refractivity contribution in [3.8, 4) is 0 Å². The Morgan fingerprint density at radius 1 is 1.52 bits per heavy atom. The highest BCUT2D eigenvalue weighted by atomic mass is 35.5. The Morgan fingerprint density at radius 2 is 2.24 bits per heavy atom. The van der Waals surface area contributed by atoms with Gasteiger partial charge in [-0.1, -0.05) is 25.4 Å². The molecule has 21 heavy (non-hydrogen) atoms. The van der Waals surface area contributed by atoms with E-state index in [2.05, 4.69) is 5.32 Å². The molecular weight excluding hydrogens is 313 g/mol. The van der Waals surface area contributed by atoms with E-state index in [1.165, 1.54) is 23.5 Å². The van der Waals surface area contributed by atoms with Gasteiger partial charge in [0.1, 0.15) is 10.7 Å². The number of fused-ring (bicyclic) bond motifs is 1. The summed E-state index contributed by atoms with van der Waals surface area (Å²) in [5.74, 6) is -0.623. The maximum absolute atomic E-state index is 13.2. The highest BCUT2D eigenvalue weighted by Gasteiger charge is 2.48. The van der Waals surface area contributed by atoms with Crippen molar-refractivity contribution in [1.82, 2.24) is 5.32 Å². The highest BCUT2D eigenvalue weighted by molar-refractivity contribution is 7.21. The van der Waals surface area contributed by atoms with Gasteiger partial charge in [0, 0.05) is 21.5 Å². The Kier molecular flexibility index (Phi) is 3.47. The first-order valence-corrected chi connectivity index (χ1v) is 7.86. The third-order valence-electron chi connectivity index (χ3n) is 4.32. The third-order valence-corrected chi connectivity index (χ3v) is 5.97. The molecule has 0 bridgehead atoms. The Morgan fingerprint density at radius 3 is 2.86 bits per heavy atom.